The highest BCUT2D eigenvalue weighted by molar-refractivity contribution is 5.92. The van der Waals surface area contributed by atoms with Crippen LogP contribution < -0.4 is 0 Å². The lowest BCUT2D eigenvalue weighted by atomic mass is 9.83. The lowest BCUT2D eigenvalue weighted by molar-refractivity contribution is -0.156. The molecule has 152 valence electrons. The second-order valence-electron chi connectivity index (χ2n) is 6.79. The minimum atomic E-state index is -1.03. The number of ether oxygens (including phenoxy) is 3. The van der Waals surface area contributed by atoms with Crippen LogP contribution in [0.4, 0.5) is 0 Å². The van der Waals surface area contributed by atoms with Gasteiger partial charge in [-0.25, -0.2) is 9.59 Å². The average molecular weight is 390 g/mol. The molecule has 1 heterocycles. The number of esters is 2. The largest absolute Gasteiger partial charge is 0.455 e. The van der Waals surface area contributed by atoms with E-state index in [1.165, 1.54) is 6.92 Å². The van der Waals surface area contributed by atoms with Crippen LogP contribution in [0.15, 0.2) is 47.6 Å². The SMILES string of the molecule is C=C(C)C(=O)O[C@@H]1C(OCC)/C(C=O)=C\CC/C(CO)=C/[C@H]2OC(=O)C(=C)[C@H]12. The first kappa shape index (κ1) is 21.8. The van der Waals surface area contributed by atoms with Gasteiger partial charge < -0.3 is 19.3 Å². The van der Waals surface area contributed by atoms with E-state index in [2.05, 4.69) is 13.2 Å². The van der Waals surface area contributed by atoms with Crippen molar-refractivity contribution in [3.63, 3.8) is 0 Å². The highest BCUT2D eigenvalue weighted by Gasteiger charge is 2.48. The van der Waals surface area contributed by atoms with Gasteiger partial charge in [0.05, 0.1) is 12.5 Å². The summed E-state index contributed by atoms with van der Waals surface area (Å²) in [7, 11) is 0. The Hall–Kier alpha value is -2.51. The van der Waals surface area contributed by atoms with Crippen LogP contribution in [0.3, 0.4) is 0 Å². The van der Waals surface area contributed by atoms with Gasteiger partial charge in [0, 0.05) is 23.3 Å². The zero-order valence-electron chi connectivity index (χ0n) is 16.2. The maximum Gasteiger partial charge on any atom is 0.334 e. The van der Waals surface area contributed by atoms with E-state index in [-0.39, 0.29) is 24.4 Å². The van der Waals surface area contributed by atoms with E-state index < -0.39 is 36.2 Å². The van der Waals surface area contributed by atoms with E-state index in [0.717, 1.165) is 0 Å². The molecule has 1 fully saturated rings. The number of hydrogen-bond donors (Lipinski definition) is 1. The number of allylic oxidation sites excluding steroid dienone is 1. The van der Waals surface area contributed by atoms with Gasteiger partial charge in [0.2, 0.25) is 0 Å². The van der Waals surface area contributed by atoms with Crippen molar-refractivity contribution in [3.8, 4) is 0 Å². The number of hydrogen-bond acceptors (Lipinski definition) is 7. The lowest BCUT2D eigenvalue weighted by Gasteiger charge is -2.33. The minimum absolute atomic E-state index is 0.119. The molecule has 4 atom stereocenters. The molecule has 1 aliphatic carbocycles. The van der Waals surface area contributed by atoms with Crippen LogP contribution in [-0.4, -0.2) is 54.9 Å². The number of carbonyl (C=O) groups excluding carboxylic acids is 3. The molecule has 7 nitrogen and oxygen atoms in total. The van der Waals surface area contributed by atoms with Gasteiger partial charge in [0.1, 0.15) is 24.6 Å². The summed E-state index contributed by atoms with van der Waals surface area (Å²) in [4.78, 5) is 36.3. The van der Waals surface area contributed by atoms with Crippen molar-refractivity contribution in [2.24, 2.45) is 5.92 Å². The molecule has 2 aliphatic rings. The van der Waals surface area contributed by atoms with Crippen LogP contribution in [0.2, 0.25) is 0 Å². The average Bonchev–Trinajstić information content (AvgIpc) is 2.94. The van der Waals surface area contributed by atoms with Crippen LogP contribution in [0, 0.1) is 5.92 Å². The second-order valence-corrected chi connectivity index (χ2v) is 6.79. The Balaban J connectivity index is 2.61. The molecule has 0 amide bonds. The number of aldehydes is 1. The summed E-state index contributed by atoms with van der Waals surface area (Å²) in [5.74, 6) is -2.06. The standard InChI is InChI=1S/C21H26O7/c1-5-26-18-15(11-23)8-6-7-14(10-22)9-16-17(13(4)21(25)27-16)19(18)28-20(24)12(2)3/h8-9,11,16-19,22H,2,4-7,10H2,1,3H3/b14-9-,15-8-/t16-,17+,18?,19+/m1/s1. The van der Waals surface area contributed by atoms with Gasteiger partial charge in [-0.1, -0.05) is 19.2 Å². The van der Waals surface area contributed by atoms with E-state index in [9.17, 15) is 19.5 Å². The van der Waals surface area contributed by atoms with Gasteiger partial charge in [-0.2, -0.15) is 0 Å². The molecule has 1 aliphatic heterocycles. The molecule has 0 aromatic rings. The Morgan fingerprint density at radius 2 is 2.18 bits per heavy atom. The van der Waals surface area contributed by atoms with Gasteiger partial charge in [-0.05, 0) is 38.3 Å². The monoisotopic (exact) mass is 390 g/mol. The van der Waals surface area contributed by atoms with E-state index in [0.29, 0.717) is 30.3 Å². The van der Waals surface area contributed by atoms with Gasteiger partial charge in [0.25, 0.3) is 0 Å². The zero-order chi connectivity index (χ0) is 20.8. The van der Waals surface area contributed by atoms with Crippen molar-refractivity contribution < 1.29 is 33.7 Å². The normalized spacial score (nSPS) is 31.5. The smallest absolute Gasteiger partial charge is 0.334 e. The molecule has 0 bridgehead atoms. The fourth-order valence-corrected chi connectivity index (χ4v) is 3.34. The highest BCUT2D eigenvalue weighted by Crippen LogP contribution is 2.37. The summed E-state index contributed by atoms with van der Waals surface area (Å²) < 4.78 is 16.8. The second kappa shape index (κ2) is 9.61. The molecule has 7 heteroatoms. The summed E-state index contributed by atoms with van der Waals surface area (Å²) in [5, 5.41) is 9.62. The number of rotatable bonds is 6. The number of fused-ring (bicyclic) bond motifs is 1. The summed E-state index contributed by atoms with van der Waals surface area (Å²) in [6.07, 6.45) is 2.24. The third-order valence-corrected chi connectivity index (χ3v) is 4.76. The fourth-order valence-electron chi connectivity index (χ4n) is 3.34. The Morgan fingerprint density at radius 1 is 1.46 bits per heavy atom. The molecule has 1 unspecified atom stereocenters. The third-order valence-electron chi connectivity index (χ3n) is 4.76. The molecular weight excluding hydrogens is 364 g/mol. The Morgan fingerprint density at radius 3 is 2.75 bits per heavy atom. The van der Waals surface area contributed by atoms with Crippen molar-refractivity contribution in [1.82, 2.24) is 0 Å². The van der Waals surface area contributed by atoms with Gasteiger partial charge >= 0.3 is 11.9 Å². The van der Waals surface area contributed by atoms with E-state index in [1.54, 1.807) is 19.1 Å². The van der Waals surface area contributed by atoms with Crippen molar-refractivity contribution in [2.75, 3.05) is 13.2 Å². The van der Waals surface area contributed by atoms with Gasteiger partial charge in [-0.15, -0.1) is 0 Å². The van der Waals surface area contributed by atoms with Crippen LogP contribution in [0.25, 0.3) is 0 Å². The molecule has 0 saturated carbocycles. The molecule has 0 radical (unpaired) electrons. The first-order valence-electron chi connectivity index (χ1n) is 9.17. The Labute approximate surface area is 164 Å². The third kappa shape index (κ3) is 4.66. The Kier molecular flexibility index (Phi) is 7.48. The topological polar surface area (TPSA) is 99.1 Å². The van der Waals surface area contributed by atoms with E-state index in [1.807, 2.05) is 0 Å². The van der Waals surface area contributed by atoms with Crippen LogP contribution in [-0.2, 0) is 28.6 Å². The summed E-state index contributed by atoms with van der Waals surface area (Å²) in [5.41, 5.74) is 1.24. The van der Waals surface area contributed by atoms with Gasteiger partial charge in [0.15, 0.2) is 0 Å². The highest BCUT2D eigenvalue weighted by atomic mass is 16.6. The van der Waals surface area contributed by atoms with Gasteiger partial charge in [-0.3, -0.25) is 4.79 Å². The molecule has 1 N–H and O–H groups in total. The predicted octanol–water partition coefficient (Wildman–Crippen LogP) is 1.81. The predicted molar refractivity (Wildman–Crippen MR) is 101 cm³/mol. The first-order valence-corrected chi connectivity index (χ1v) is 9.17. The first-order chi connectivity index (χ1) is 13.3. The van der Waals surface area contributed by atoms with Crippen molar-refractivity contribution in [1.29, 1.82) is 0 Å². The maximum absolute atomic E-state index is 12.3. The van der Waals surface area contributed by atoms with E-state index in [4.69, 9.17) is 14.2 Å². The van der Waals surface area contributed by atoms with E-state index >= 15 is 0 Å². The molecule has 1 saturated heterocycles. The molecule has 0 aromatic carbocycles. The maximum atomic E-state index is 12.3. The molecule has 2 rings (SSSR count). The van der Waals surface area contributed by atoms with Crippen molar-refractivity contribution in [3.05, 3.63) is 47.6 Å². The molecular formula is C21H26O7. The number of carbonyl (C=O) groups is 3. The fraction of sp³-hybridized carbons (Fsp3) is 0.476. The number of aliphatic hydroxyl groups excluding tert-OH is 1. The lowest BCUT2D eigenvalue weighted by Crippen LogP contribution is -2.44. The molecule has 0 spiro atoms. The zero-order valence-corrected chi connectivity index (χ0v) is 16.2. The summed E-state index contributed by atoms with van der Waals surface area (Å²) in [6.45, 7) is 10.7. The summed E-state index contributed by atoms with van der Waals surface area (Å²) in [6, 6.07) is 0. The van der Waals surface area contributed by atoms with Crippen LogP contribution in [0.5, 0.6) is 0 Å². The van der Waals surface area contributed by atoms with Crippen LogP contribution >= 0.6 is 0 Å². The van der Waals surface area contributed by atoms with Crippen molar-refractivity contribution >= 4 is 18.2 Å². The minimum Gasteiger partial charge on any atom is -0.455 e. The molecule has 0 aromatic heterocycles. The van der Waals surface area contributed by atoms with Crippen LogP contribution in [0.1, 0.15) is 26.7 Å². The Bertz CT molecular complexity index is 731. The van der Waals surface area contributed by atoms with Crippen molar-refractivity contribution in [2.45, 2.75) is 45.0 Å². The molecule has 28 heavy (non-hydrogen) atoms. The quantitative estimate of drug-likeness (QED) is 0.320. The summed E-state index contributed by atoms with van der Waals surface area (Å²) >= 11 is 0. The number of aliphatic hydroxyl groups is 1.